The third kappa shape index (κ3) is 1.50. The first kappa shape index (κ1) is 9.26. The van der Waals surface area contributed by atoms with Gasteiger partial charge in [0.1, 0.15) is 0 Å². The second-order valence-electron chi connectivity index (χ2n) is 3.30. The Morgan fingerprint density at radius 2 is 2.00 bits per heavy atom. The van der Waals surface area contributed by atoms with E-state index < -0.39 is 0 Å². The standard InChI is InChI=1S/C9H16N2O/c1-6-7(2)11(5-10-6)8(3)9(4)12/h5,8-9,12H,1-4H3. The fourth-order valence-corrected chi connectivity index (χ4v) is 1.16. The van der Waals surface area contributed by atoms with Gasteiger partial charge in [-0.1, -0.05) is 0 Å². The van der Waals surface area contributed by atoms with Crippen LogP contribution in [0.1, 0.15) is 31.3 Å². The number of aliphatic hydroxyl groups excluding tert-OH is 1. The Morgan fingerprint density at radius 3 is 2.33 bits per heavy atom. The fraction of sp³-hybridized carbons (Fsp3) is 0.667. The van der Waals surface area contributed by atoms with E-state index in [1.165, 1.54) is 0 Å². The van der Waals surface area contributed by atoms with Gasteiger partial charge in [0, 0.05) is 5.69 Å². The zero-order chi connectivity index (χ0) is 9.30. The summed E-state index contributed by atoms with van der Waals surface area (Å²) < 4.78 is 2.00. The van der Waals surface area contributed by atoms with E-state index in [1.54, 1.807) is 13.3 Å². The van der Waals surface area contributed by atoms with E-state index >= 15 is 0 Å². The van der Waals surface area contributed by atoms with Crippen LogP contribution in [0.2, 0.25) is 0 Å². The van der Waals surface area contributed by atoms with Gasteiger partial charge in [0.2, 0.25) is 0 Å². The van der Waals surface area contributed by atoms with Crippen molar-refractivity contribution in [1.29, 1.82) is 0 Å². The van der Waals surface area contributed by atoms with E-state index in [0.717, 1.165) is 11.4 Å². The smallest absolute Gasteiger partial charge is 0.0954 e. The first-order chi connectivity index (χ1) is 5.54. The van der Waals surface area contributed by atoms with Gasteiger partial charge in [0.05, 0.1) is 24.2 Å². The lowest BCUT2D eigenvalue weighted by atomic mass is 10.2. The van der Waals surface area contributed by atoms with Crippen molar-refractivity contribution in [2.45, 2.75) is 39.8 Å². The summed E-state index contributed by atoms with van der Waals surface area (Å²) in [4.78, 5) is 4.17. The highest BCUT2D eigenvalue weighted by molar-refractivity contribution is 5.09. The molecule has 68 valence electrons. The molecular formula is C9H16N2O. The lowest BCUT2D eigenvalue weighted by Crippen LogP contribution is -2.18. The molecule has 0 radical (unpaired) electrons. The van der Waals surface area contributed by atoms with Crippen molar-refractivity contribution in [3.63, 3.8) is 0 Å². The quantitative estimate of drug-likeness (QED) is 0.725. The van der Waals surface area contributed by atoms with Gasteiger partial charge in [-0.3, -0.25) is 0 Å². The van der Waals surface area contributed by atoms with Gasteiger partial charge >= 0.3 is 0 Å². The van der Waals surface area contributed by atoms with Crippen LogP contribution in [0.5, 0.6) is 0 Å². The van der Waals surface area contributed by atoms with E-state index in [4.69, 9.17) is 0 Å². The van der Waals surface area contributed by atoms with Crippen molar-refractivity contribution in [1.82, 2.24) is 9.55 Å². The Balaban J connectivity index is 2.95. The predicted molar refractivity (Wildman–Crippen MR) is 48.1 cm³/mol. The molecule has 0 spiro atoms. The van der Waals surface area contributed by atoms with Crippen LogP contribution in [0, 0.1) is 13.8 Å². The molecule has 0 bridgehead atoms. The molecule has 1 aromatic heterocycles. The largest absolute Gasteiger partial charge is 0.391 e. The van der Waals surface area contributed by atoms with Gasteiger partial charge in [0.25, 0.3) is 0 Å². The predicted octanol–water partition coefficient (Wildman–Crippen LogP) is 1.44. The summed E-state index contributed by atoms with van der Waals surface area (Å²) in [6.45, 7) is 7.76. The van der Waals surface area contributed by atoms with Gasteiger partial charge < -0.3 is 9.67 Å². The van der Waals surface area contributed by atoms with Crippen molar-refractivity contribution >= 4 is 0 Å². The third-order valence-corrected chi connectivity index (χ3v) is 2.42. The molecule has 0 amide bonds. The molecule has 0 aliphatic rings. The van der Waals surface area contributed by atoms with Gasteiger partial charge in [-0.05, 0) is 27.7 Å². The normalized spacial score (nSPS) is 16.1. The number of imidazole rings is 1. The SMILES string of the molecule is Cc1ncn(C(C)C(C)O)c1C. The van der Waals surface area contributed by atoms with Crippen LogP contribution >= 0.6 is 0 Å². The van der Waals surface area contributed by atoms with Crippen LogP contribution in [0.15, 0.2) is 6.33 Å². The highest BCUT2D eigenvalue weighted by Crippen LogP contribution is 2.15. The third-order valence-electron chi connectivity index (χ3n) is 2.42. The average Bonchev–Trinajstić information content (AvgIpc) is 2.32. The van der Waals surface area contributed by atoms with E-state index in [2.05, 4.69) is 4.98 Å². The van der Waals surface area contributed by atoms with Crippen molar-refractivity contribution in [3.05, 3.63) is 17.7 Å². The minimum absolute atomic E-state index is 0.103. The van der Waals surface area contributed by atoms with Crippen LogP contribution in [0.4, 0.5) is 0 Å². The summed E-state index contributed by atoms with van der Waals surface area (Å²) in [5, 5.41) is 9.36. The van der Waals surface area contributed by atoms with Gasteiger partial charge in [-0.15, -0.1) is 0 Å². The molecule has 0 saturated heterocycles. The zero-order valence-electron chi connectivity index (χ0n) is 8.07. The number of hydrogen-bond acceptors (Lipinski definition) is 2. The second kappa shape index (κ2) is 3.27. The highest BCUT2D eigenvalue weighted by Gasteiger charge is 2.13. The summed E-state index contributed by atoms with van der Waals surface area (Å²) in [6, 6.07) is 0.103. The molecule has 1 aromatic rings. The van der Waals surface area contributed by atoms with E-state index in [-0.39, 0.29) is 12.1 Å². The minimum Gasteiger partial charge on any atom is -0.391 e. The molecule has 2 atom stereocenters. The van der Waals surface area contributed by atoms with Gasteiger partial charge in [-0.2, -0.15) is 0 Å². The molecule has 1 N–H and O–H groups in total. The summed E-state index contributed by atoms with van der Waals surface area (Å²) in [6.07, 6.45) is 1.44. The first-order valence-corrected chi connectivity index (χ1v) is 4.22. The van der Waals surface area contributed by atoms with Gasteiger partial charge in [-0.25, -0.2) is 4.98 Å². The fourth-order valence-electron chi connectivity index (χ4n) is 1.16. The zero-order valence-corrected chi connectivity index (χ0v) is 8.07. The number of rotatable bonds is 2. The topological polar surface area (TPSA) is 38.0 Å². The number of aromatic nitrogens is 2. The molecule has 3 heteroatoms. The number of nitrogens with zero attached hydrogens (tertiary/aromatic N) is 2. The summed E-state index contributed by atoms with van der Waals surface area (Å²) in [5.74, 6) is 0. The second-order valence-corrected chi connectivity index (χ2v) is 3.30. The van der Waals surface area contributed by atoms with E-state index in [1.807, 2.05) is 25.3 Å². The van der Waals surface area contributed by atoms with Crippen molar-refractivity contribution in [2.24, 2.45) is 0 Å². The molecule has 0 saturated carbocycles. The molecule has 0 fully saturated rings. The minimum atomic E-state index is -0.336. The maximum Gasteiger partial charge on any atom is 0.0954 e. The monoisotopic (exact) mass is 168 g/mol. The van der Waals surface area contributed by atoms with Crippen molar-refractivity contribution < 1.29 is 5.11 Å². The first-order valence-electron chi connectivity index (χ1n) is 4.22. The number of aryl methyl sites for hydroxylation is 1. The van der Waals surface area contributed by atoms with E-state index in [0.29, 0.717) is 0 Å². The van der Waals surface area contributed by atoms with Crippen LogP contribution in [0.3, 0.4) is 0 Å². The lowest BCUT2D eigenvalue weighted by molar-refractivity contribution is 0.138. The molecule has 0 aliphatic heterocycles. The Kier molecular flexibility index (Phi) is 2.52. The Bertz CT molecular complexity index is 265. The molecule has 1 heterocycles. The van der Waals surface area contributed by atoms with Crippen LogP contribution in [0.25, 0.3) is 0 Å². The Labute approximate surface area is 73.1 Å². The molecule has 0 aromatic carbocycles. The van der Waals surface area contributed by atoms with Crippen molar-refractivity contribution in [3.8, 4) is 0 Å². The molecule has 0 aliphatic carbocycles. The van der Waals surface area contributed by atoms with Crippen LogP contribution < -0.4 is 0 Å². The maximum atomic E-state index is 9.36. The van der Waals surface area contributed by atoms with Crippen LogP contribution in [-0.2, 0) is 0 Å². The Morgan fingerprint density at radius 1 is 1.42 bits per heavy atom. The maximum absolute atomic E-state index is 9.36. The summed E-state index contributed by atoms with van der Waals surface area (Å²) >= 11 is 0. The Hall–Kier alpha value is -0.830. The molecular weight excluding hydrogens is 152 g/mol. The average molecular weight is 168 g/mol. The summed E-state index contributed by atoms with van der Waals surface area (Å²) in [5.41, 5.74) is 2.16. The number of hydrogen-bond donors (Lipinski definition) is 1. The molecule has 1 rings (SSSR count). The van der Waals surface area contributed by atoms with Gasteiger partial charge in [0.15, 0.2) is 0 Å². The van der Waals surface area contributed by atoms with Crippen molar-refractivity contribution in [2.75, 3.05) is 0 Å². The van der Waals surface area contributed by atoms with E-state index in [9.17, 15) is 5.11 Å². The molecule has 3 nitrogen and oxygen atoms in total. The highest BCUT2D eigenvalue weighted by atomic mass is 16.3. The summed E-state index contributed by atoms with van der Waals surface area (Å²) in [7, 11) is 0. The molecule has 2 unspecified atom stereocenters. The lowest BCUT2D eigenvalue weighted by Gasteiger charge is -2.17. The van der Waals surface area contributed by atoms with Crippen LogP contribution in [-0.4, -0.2) is 20.8 Å². The number of aliphatic hydroxyl groups is 1. The molecule has 12 heavy (non-hydrogen) atoms.